The number of ether oxygens (including phenoxy) is 4. The summed E-state index contributed by atoms with van der Waals surface area (Å²) in [6.07, 6.45) is 0.870. The molecule has 25 heavy (non-hydrogen) atoms. The van der Waals surface area contributed by atoms with Gasteiger partial charge >= 0.3 is 11.9 Å². The van der Waals surface area contributed by atoms with Gasteiger partial charge in [0.1, 0.15) is 5.75 Å². The molecule has 0 spiro atoms. The summed E-state index contributed by atoms with van der Waals surface area (Å²) in [6.45, 7) is 2.57. The normalized spacial score (nSPS) is 10.0. The number of hydrogen-bond donors (Lipinski definition) is 0. The quantitative estimate of drug-likeness (QED) is 0.566. The van der Waals surface area contributed by atoms with Crippen molar-refractivity contribution in [1.82, 2.24) is 0 Å². The molecule has 0 unspecified atom stereocenters. The second kappa shape index (κ2) is 8.73. The van der Waals surface area contributed by atoms with Crippen molar-refractivity contribution in [3.8, 4) is 17.2 Å². The molecule has 2 aromatic rings. The second-order valence-corrected chi connectivity index (χ2v) is 5.12. The van der Waals surface area contributed by atoms with Crippen LogP contribution in [0.15, 0.2) is 42.5 Å². The van der Waals surface area contributed by atoms with Crippen LogP contribution in [-0.2, 0) is 4.74 Å². The second-order valence-electron chi connectivity index (χ2n) is 5.12. The van der Waals surface area contributed by atoms with Crippen LogP contribution in [0.25, 0.3) is 0 Å². The zero-order chi connectivity index (χ0) is 18.2. The molecular weight excluding hydrogens is 324 g/mol. The average molecular weight is 344 g/mol. The summed E-state index contributed by atoms with van der Waals surface area (Å²) in [5.41, 5.74) is 0.708. The van der Waals surface area contributed by atoms with Crippen molar-refractivity contribution in [3.05, 3.63) is 53.6 Å². The van der Waals surface area contributed by atoms with Crippen LogP contribution in [0.2, 0.25) is 0 Å². The molecule has 6 nitrogen and oxygen atoms in total. The highest BCUT2D eigenvalue weighted by Gasteiger charge is 2.14. The number of benzene rings is 2. The molecule has 0 saturated carbocycles. The molecule has 0 atom stereocenters. The predicted octanol–water partition coefficient (Wildman–Crippen LogP) is 3.49. The minimum atomic E-state index is -0.536. The van der Waals surface area contributed by atoms with Gasteiger partial charge in [0, 0.05) is 0 Å². The molecule has 0 fully saturated rings. The molecule has 6 heteroatoms. The molecule has 2 aromatic carbocycles. The van der Waals surface area contributed by atoms with Crippen LogP contribution >= 0.6 is 0 Å². The number of carbonyl (C=O) groups excluding carboxylic acids is 2. The number of methoxy groups -OCH3 is 2. The van der Waals surface area contributed by atoms with E-state index < -0.39 is 11.9 Å². The van der Waals surface area contributed by atoms with E-state index in [-0.39, 0.29) is 0 Å². The van der Waals surface area contributed by atoms with E-state index >= 15 is 0 Å². The van der Waals surface area contributed by atoms with Crippen molar-refractivity contribution in [3.63, 3.8) is 0 Å². The van der Waals surface area contributed by atoms with Gasteiger partial charge in [-0.1, -0.05) is 6.92 Å². The zero-order valence-electron chi connectivity index (χ0n) is 14.4. The van der Waals surface area contributed by atoms with Gasteiger partial charge in [0.05, 0.1) is 32.0 Å². The average Bonchev–Trinajstić information content (AvgIpc) is 2.66. The van der Waals surface area contributed by atoms with Gasteiger partial charge in [-0.15, -0.1) is 0 Å². The summed E-state index contributed by atoms with van der Waals surface area (Å²) < 4.78 is 20.7. The predicted molar refractivity (Wildman–Crippen MR) is 91.5 cm³/mol. The Morgan fingerprint density at radius 2 is 1.56 bits per heavy atom. The number of carbonyl (C=O) groups is 2. The van der Waals surface area contributed by atoms with E-state index in [1.165, 1.54) is 38.5 Å². The Hall–Kier alpha value is -3.02. The van der Waals surface area contributed by atoms with Crippen molar-refractivity contribution in [1.29, 1.82) is 0 Å². The van der Waals surface area contributed by atoms with Gasteiger partial charge < -0.3 is 18.9 Å². The third-order valence-electron chi connectivity index (χ3n) is 3.35. The van der Waals surface area contributed by atoms with E-state index in [1.807, 2.05) is 6.92 Å². The molecule has 0 saturated heterocycles. The fourth-order valence-electron chi connectivity index (χ4n) is 2.07. The van der Waals surface area contributed by atoms with Crippen molar-refractivity contribution in [2.45, 2.75) is 13.3 Å². The van der Waals surface area contributed by atoms with Gasteiger partial charge in [-0.05, 0) is 48.9 Å². The summed E-state index contributed by atoms with van der Waals surface area (Å²) in [5, 5.41) is 0. The van der Waals surface area contributed by atoms with Gasteiger partial charge in [0.25, 0.3) is 0 Å². The van der Waals surface area contributed by atoms with Crippen LogP contribution in [0.3, 0.4) is 0 Å². The van der Waals surface area contributed by atoms with Gasteiger partial charge in [0.15, 0.2) is 11.5 Å². The molecule has 0 bridgehead atoms. The Morgan fingerprint density at radius 1 is 0.880 bits per heavy atom. The minimum absolute atomic E-state index is 0.322. The van der Waals surface area contributed by atoms with E-state index in [9.17, 15) is 9.59 Å². The Labute approximate surface area is 146 Å². The molecule has 132 valence electrons. The molecule has 0 amide bonds. The topological polar surface area (TPSA) is 71.1 Å². The van der Waals surface area contributed by atoms with Gasteiger partial charge in [0.2, 0.25) is 0 Å². The molecule has 0 radical (unpaired) electrons. The van der Waals surface area contributed by atoms with Crippen molar-refractivity contribution < 1.29 is 28.5 Å². The molecule has 0 aliphatic carbocycles. The fraction of sp³-hybridized carbons (Fsp3) is 0.263. The first-order valence-corrected chi connectivity index (χ1v) is 7.80. The van der Waals surface area contributed by atoms with Crippen LogP contribution < -0.4 is 14.2 Å². The van der Waals surface area contributed by atoms with E-state index in [4.69, 9.17) is 14.2 Å². The first kappa shape index (κ1) is 18.3. The SMILES string of the molecule is CCCOc1ccc(C(=O)Oc2ccc(C(=O)OC)cc2)cc1OC. The molecule has 0 aliphatic heterocycles. The first-order chi connectivity index (χ1) is 12.1. The van der Waals surface area contributed by atoms with Crippen LogP contribution in [0.4, 0.5) is 0 Å². The maximum atomic E-state index is 12.3. The van der Waals surface area contributed by atoms with E-state index in [0.717, 1.165) is 6.42 Å². The summed E-state index contributed by atoms with van der Waals surface area (Å²) in [5.74, 6) is 0.367. The molecule has 0 heterocycles. The Morgan fingerprint density at radius 3 is 2.16 bits per heavy atom. The Balaban J connectivity index is 2.11. The zero-order valence-corrected chi connectivity index (χ0v) is 14.4. The standard InChI is InChI=1S/C19H20O6/c1-4-11-24-16-10-7-14(12-17(16)22-2)19(21)25-15-8-5-13(6-9-15)18(20)23-3/h5-10,12H,4,11H2,1-3H3. The fourth-order valence-corrected chi connectivity index (χ4v) is 2.07. The van der Waals surface area contributed by atoms with Crippen LogP contribution in [0.1, 0.15) is 34.1 Å². The molecular formula is C19H20O6. The largest absolute Gasteiger partial charge is 0.493 e. The van der Waals surface area contributed by atoms with Crippen molar-refractivity contribution in [2.75, 3.05) is 20.8 Å². The maximum Gasteiger partial charge on any atom is 0.343 e. The molecule has 0 aliphatic rings. The maximum absolute atomic E-state index is 12.3. The van der Waals surface area contributed by atoms with E-state index in [1.54, 1.807) is 18.2 Å². The highest BCUT2D eigenvalue weighted by molar-refractivity contribution is 5.92. The third-order valence-corrected chi connectivity index (χ3v) is 3.35. The van der Waals surface area contributed by atoms with Crippen molar-refractivity contribution >= 4 is 11.9 Å². The van der Waals surface area contributed by atoms with Crippen molar-refractivity contribution in [2.24, 2.45) is 0 Å². The molecule has 0 aromatic heterocycles. The number of hydrogen-bond acceptors (Lipinski definition) is 6. The summed E-state index contributed by atoms with van der Waals surface area (Å²) in [6, 6.07) is 11.0. The summed E-state index contributed by atoms with van der Waals surface area (Å²) in [4.78, 5) is 23.7. The highest BCUT2D eigenvalue weighted by Crippen LogP contribution is 2.28. The minimum Gasteiger partial charge on any atom is -0.493 e. The van der Waals surface area contributed by atoms with Crippen LogP contribution in [0, 0.1) is 0 Å². The summed E-state index contributed by atoms with van der Waals surface area (Å²) in [7, 11) is 2.81. The first-order valence-electron chi connectivity index (χ1n) is 7.80. The molecule has 0 N–H and O–H groups in total. The third kappa shape index (κ3) is 4.73. The highest BCUT2D eigenvalue weighted by atomic mass is 16.5. The lowest BCUT2D eigenvalue weighted by atomic mass is 10.2. The Kier molecular flexibility index (Phi) is 6.39. The monoisotopic (exact) mass is 344 g/mol. The number of esters is 2. The lowest BCUT2D eigenvalue weighted by Crippen LogP contribution is -2.09. The number of rotatable bonds is 7. The van der Waals surface area contributed by atoms with E-state index in [0.29, 0.717) is 35.0 Å². The van der Waals surface area contributed by atoms with Gasteiger partial charge in [-0.25, -0.2) is 9.59 Å². The van der Waals surface area contributed by atoms with Gasteiger partial charge in [-0.3, -0.25) is 0 Å². The van der Waals surface area contributed by atoms with Gasteiger partial charge in [-0.2, -0.15) is 0 Å². The van der Waals surface area contributed by atoms with E-state index in [2.05, 4.69) is 4.74 Å². The van der Waals surface area contributed by atoms with Crippen LogP contribution in [-0.4, -0.2) is 32.8 Å². The lowest BCUT2D eigenvalue weighted by molar-refractivity contribution is 0.0600. The lowest BCUT2D eigenvalue weighted by Gasteiger charge is -2.11. The Bertz CT molecular complexity index is 736. The smallest absolute Gasteiger partial charge is 0.343 e. The summed E-state index contributed by atoms with van der Waals surface area (Å²) >= 11 is 0. The van der Waals surface area contributed by atoms with Crippen LogP contribution in [0.5, 0.6) is 17.2 Å². The molecule has 2 rings (SSSR count).